The number of morpholine rings is 1. The Morgan fingerprint density at radius 1 is 1.21 bits per heavy atom. The lowest BCUT2D eigenvalue weighted by Crippen LogP contribution is -2.38. The van der Waals surface area contributed by atoms with Crippen molar-refractivity contribution < 1.29 is 9.47 Å². The Balaban J connectivity index is 1.67. The van der Waals surface area contributed by atoms with Crippen LogP contribution in [-0.4, -0.2) is 72.6 Å². The first-order chi connectivity index (χ1) is 14.2. The van der Waals surface area contributed by atoms with Crippen LogP contribution in [0.1, 0.15) is 29.4 Å². The average molecular weight is 399 g/mol. The Hall–Kier alpha value is -2.58. The first-order valence-corrected chi connectivity index (χ1v) is 10.0. The van der Waals surface area contributed by atoms with Gasteiger partial charge in [0, 0.05) is 56.9 Å². The second-order valence-electron chi connectivity index (χ2n) is 7.03. The molecule has 3 rings (SSSR count). The molecule has 1 aromatic rings. The number of allylic oxidation sites excluding steroid dienone is 1. The number of anilines is 1. The molecule has 3 heterocycles. The predicted molar refractivity (Wildman–Crippen MR) is 114 cm³/mol. The van der Waals surface area contributed by atoms with Gasteiger partial charge in [0.2, 0.25) is 5.88 Å². The highest BCUT2D eigenvalue weighted by molar-refractivity contribution is 5.69. The third-order valence-electron chi connectivity index (χ3n) is 4.86. The summed E-state index contributed by atoms with van der Waals surface area (Å²) in [5.74, 6) is 1.48. The summed E-state index contributed by atoms with van der Waals surface area (Å²) in [4.78, 5) is 20.4. The van der Waals surface area contributed by atoms with Crippen molar-refractivity contribution in [3.05, 3.63) is 47.5 Å². The lowest BCUT2D eigenvalue weighted by atomic mass is 10.0. The van der Waals surface area contributed by atoms with Gasteiger partial charge in [-0.25, -0.2) is 9.98 Å². The van der Waals surface area contributed by atoms with Gasteiger partial charge >= 0.3 is 0 Å². The molecule has 8 heteroatoms. The van der Waals surface area contributed by atoms with Gasteiger partial charge in [0.25, 0.3) is 0 Å². The summed E-state index contributed by atoms with van der Waals surface area (Å²) in [6.45, 7) is 8.93. The van der Waals surface area contributed by atoms with Gasteiger partial charge in [-0.1, -0.05) is 0 Å². The minimum Gasteiger partial charge on any atom is -0.477 e. The van der Waals surface area contributed by atoms with Crippen LogP contribution in [0.3, 0.4) is 0 Å². The molecule has 2 aliphatic heterocycles. The fourth-order valence-corrected chi connectivity index (χ4v) is 3.18. The molecule has 1 fully saturated rings. The van der Waals surface area contributed by atoms with E-state index < -0.39 is 0 Å². The van der Waals surface area contributed by atoms with E-state index in [1.54, 1.807) is 12.4 Å². The number of aromatic nitrogens is 3. The lowest BCUT2D eigenvalue weighted by Gasteiger charge is -2.26. The molecule has 0 aromatic carbocycles. The number of hydrogen-bond donors (Lipinski definition) is 1. The summed E-state index contributed by atoms with van der Waals surface area (Å²) >= 11 is 0. The van der Waals surface area contributed by atoms with Gasteiger partial charge in [0.1, 0.15) is 12.4 Å². The fraction of sp³-hybridized carbons (Fsp3) is 0.524. The van der Waals surface area contributed by atoms with Crippen LogP contribution in [0.25, 0.3) is 0 Å². The van der Waals surface area contributed by atoms with Crippen LogP contribution in [0.4, 0.5) is 5.82 Å². The standard InChI is InChI=1S/C21H30N6O2/c1-16-14-19(26-21(22-3)17(2)24-7-6-23-16)18-4-5-20(25-15-18)29-13-10-27-8-11-28-12-9-27/h5-7,14-15,18H,4,8-13H2,1-3H3,(H,22,26). The highest BCUT2D eigenvalue weighted by atomic mass is 16.5. The second-order valence-corrected chi connectivity index (χ2v) is 7.03. The Morgan fingerprint density at radius 2 is 2.00 bits per heavy atom. The first kappa shape index (κ1) is 21.1. The molecule has 0 bridgehead atoms. The smallest absolute Gasteiger partial charge is 0.208 e. The van der Waals surface area contributed by atoms with Crippen LogP contribution in [0.2, 0.25) is 0 Å². The minimum absolute atomic E-state index is 0.0614. The number of aliphatic imine (C=N–C) groups is 1. The maximum Gasteiger partial charge on any atom is 0.208 e. The van der Waals surface area contributed by atoms with E-state index in [1.807, 2.05) is 39.3 Å². The topological polar surface area (TPSA) is 84.8 Å². The Kier molecular flexibility index (Phi) is 7.89. The highest BCUT2D eigenvalue weighted by Gasteiger charge is 2.16. The maximum atomic E-state index is 5.84. The summed E-state index contributed by atoms with van der Waals surface area (Å²) in [7, 11) is 1.85. The molecule has 29 heavy (non-hydrogen) atoms. The minimum atomic E-state index is 0.0614. The molecule has 0 aliphatic carbocycles. The second kappa shape index (κ2) is 10.8. The normalized spacial score (nSPS) is 19.3. The molecule has 1 aromatic heterocycles. The number of rotatable bonds is 6. The van der Waals surface area contributed by atoms with Crippen molar-refractivity contribution in [2.75, 3.05) is 51.8 Å². The largest absolute Gasteiger partial charge is 0.477 e. The van der Waals surface area contributed by atoms with Gasteiger partial charge in [0.15, 0.2) is 0 Å². The summed E-state index contributed by atoms with van der Waals surface area (Å²) < 4.78 is 11.2. The number of aryl methyl sites for hydroxylation is 2. The van der Waals surface area contributed by atoms with Crippen LogP contribution in [-0.2, 0) is 9.47 Å². The predicted octanol–water partition coefficient (Wildman–Crippen LogP) is 2.40. The average Bonchev–Trinajstić information content (AvgIpc) is 2.75. The molecule has 1 N–H and O–H groups in total. The van der Waals surface area contributed by atoms with Crippen molar-refractivity contribution in [2.24, 2.45) is 4.99 Å². The Morgan fingerprint density at radius 3 is 2.72 bits per heavy atom. The summed E-state index contributed by atoms with van der Waals surface area (Å²) in [6, 6.07) is 2.00. The summed E-state index contributed by atoms with van der Waals surface area (Å²) in [6.07, 6.45) is 8.10. The van der Waals surface area contributed by atoms with Gasteiger partial charge in [-0.2, -0.15) is 0 Å². The monoisotopic (exact) mass is 398 g/mol. The van der Waals surface area contributed by atoms with Crippen molar-refractivity contribution in [1.29, 1.82) is 0 Å². The zero-order valence-corrected chi connectivity index (χ0v) is 17.5. The van der Waals surface area contributed by atoms with Gasteiger partial charge in [0.05, 0.1) is 24.6 Å². The molecular formula is C21H30N6O2. The van der Waals surface area contributed by atoms with Crippen LogP contribution in [0.5, 0.6) is 0 Å². The number of nitrogens with zero attached hydrogens (tertiary/aromatic N) is 5. The molecule has 1 unspecified atom stereocenters. The van der Waals surface area contributed by atoms with Gasteiger partial charge in [-0.05, 0) is 32.4 Å². The van der Waals surface area contributed by atoms with Crippen LogP contribution in [0, 0.1) is 13.8 Å². The number of hydrogen-bond acceptors (Lipinski definition) is 8. The van der Waals surface area contributed by atoms with E-state index in [9.17, 15) is 0 Å². The Labute approximate surface area is 172 Å². The highest BCUT2D eigenvalue weighted by Crippen LogP contribution is 2.23. The fourth-order valence-electron chi connectivity index (χ4n) is 3.18. The first-order valence-electron chi connectivity index (χ1n) is 10.0. The lowest BCUT2D eigenvalue weighted by molar-refractivity contribution is 0.0273. The molecule has 8 nitrogen and oxygen atoms in total. The number of ether oxygens (including phenoxy) is 2. The van der Waals surface area contributed by atoms with Crippen molar-refractivity contribution in [1.82, 2.24) is 19.9 Å². The van der Waals surface area contributed by atoms with E-state index in [0.717, 1.165) is 62.2 Å². The van der Waals surface area contributed by atoms with E-state index in [-0.39, 0.29) is 5.92 Å². The zero-order valence-electron chi connectivity index (χ0n) is 17.5. The maximum absolute atomic E-state index is 5.84. The molecular weight excluding hydrogens is 368 g/mol. The molecule has 0 saturated carbocycles. The van der Waals surface area contributed by atoms with Gasteiger partial charge in [-0.3, -0.25) is 14.9 Å². The molecule has 2 aliphatic rings. The van der Waals surface area contributed by atoms with Crippen molar-refractivity contribution in [3.8, 4) is 0 Å². The van der Waals surface area contributed by atoms with Crippen LogP contribution < -0.4 is 5.32 Å². The molecule has 0 spiro atoms. The van der Waals surface area contributed by atoms with E-state index in [1.165, 1.54) is 0 Å². The van der Waals surface area contributed by atoms with Crippen LogP contribution >= 0.6 is 0 Å². The molecule has 0 radical (unpaired) electrons. The molecule has 1 saturated heterocycles. The van der Waals surface area contributed by atoms with Gasteiger partial charge < -0.3 is 14.8 Å². The van der Waals surface area contributed by atoms with E-state index in [2.05, 4.69) is 25.2 Å². The molecule has 156 valence electrons. The quantitative estimate of drug-likeness (QED) is 0.788. The zero-order chi connectivity index (χ0) is 20.5. The van der Waals surface area contributed by atoms with E-state index in [4.69, 9.17) is 14.5 Å². The van der Waals surface area contributed by atoms with Crippen LogP contribution in [0.15, 0.2) is 35.4 Å². The molecule has 0 amide bonds. The number of nitrogens with one attached hydrogen (secondary N) is 1. The third-order valence-corrected chi connectivity index (χ3v) is 4.86. The van der Waals surface area contributed by atoms with Crippen molar-refractivity contribution in [3.63, 3.8) is 0 Å². The van der Waals surface area contributed by atoms with E-state index >= 15 is 0 Å². The van der Waals surface area contributed by atoms with E-state index in [0.29, 0.717) is 12.5 Å². The van der Waals surface area contributed by atoms with Crippen molar-refractivity contribution in [2.45, 2.75) is 26.2 Å². The van der Waals surface area contributed by atoms with Gasteiger partial charge in [-0.15, -0.1) is 0 Å². The van der Waals surface area contributed by atoms with Crippen molar-refractivity contribution >= 4 is 12.0 Å². The summed E-state index contributed by atoms with van der Waals surface area (Å²) in [5, 5.41) is 3.13. The Bertz CT molecular complexity index is 804. The third kappa shape index (κ3) is 6.47. The summed E-state index contributed by atoms with van der Waals surface area (Å²) in [5.41, 5.74) is 2.57. The molecule has 1 atom stereocenters. The SMILES string of the molecule is CNc1nc(C2C=NC(OCCN3CCOCC3)=CC2)cc(C)nccnc1C.